The summed E-state index contributed by atoms with van der Waals surface area (Å²) in [5.74, 6) is 0.544. The topological polar surface area (TPSA) is 74.4 Å². The van der Waals surface area contributed by atoms with Gasteiger partial charge in [0.25, 0.3) is 0 Å². The Morgan fingerprint density at radius 3 is 2.92 bits per heavy atom. The summed E-state index contributed by atoms with van der Waals surface area (Å²) in [6.45, 7) is 1.11. The molecule has 0 amide bonds. The van der Waals surface area contributed by atoms with Crippen molar-refractivity contribution in [3.05, 3.63) is 5.89 Å². The van der Waals surface area contributed by atoms with Crippen LogP contribution in [0.4, 0.5) is 6.01 Å². The van der Waals surface area contributed by atoms with E-state index < -0.39 is 0 Å². The van der Waals surface area contributed by atoms with Crippen LogP contribution in [0.1, 0.15) is 5.89 Å². The second-order valence-corrected chi connectivity index (χ2v) is 2.65. The molecule has 6 heteroatoms. The first kappa shape index (κ1) is 9.94. The smallest absolute Gasteiger partial charge is 0.318 e. The number of anilines is 1. The lowest BCUT2D eigenvalue weighted by Crippen LogP contribution is -2.21. The van der Waals surface area contributed by atoms with Crippen molar-refractivity contribution in [2.45, 2.75) is 6.54 Å². The Morgan fingerprint density at radius 1 is 1.54 bits per heavy atom. The van der Waals surface area contributed by atoms with Gasteiger partial charge >= 0.3 is 6.01 Å². The third-order valence-corrected chi connectivity index (χ3v) is 1.55. The number of rotatable bonds is 5. The second-order valence-electron chi connectivity index (χ2n) is 2.65. The lowest BCUT2D eigenvalue weighted by Gasteiger charge is -2.10. The van der Waals surface area contributed by atoms with Crippen LogP contribution in [0.2, 0.25) is 0 Å². The van der Waals surface area contributed by atoms with Gasteiger partial charge in [0.05, 0.1) is 13.2 Å². The van der Waals surface area contributed by atoms with E-state index >= 15 is 0 Å². The van der Waals surface area contributed by atoms with Crippen LogP contribution in [0.25, 0.3) is 0 Å². The number of nitrogens with zero attached hydrogens (tertiary/aromatic N) is 3. The van der Waals surface area contributed by atoms with Gasteiger partial charge in [-0.15, -0.1) is 5.10 Å². The van der Waals surface area contributed by atoms with Gasteiger partial charge in [0, 0.05) is 13.6 Å². The second kappa shape index (κ2) is 4.78. The highest BCUT2D eigenvalue weighted by molar-refractivity contribution is 5.21. The predicted molar refractivity (Wildman–Crippen MR) is 47.4 cm³/mol. The monoisotopic (exact) mass is 186 g/mol. The van der Waals surface area contributed by atoms with Crippen LogP contribution < -0.4 is 10.2 Å². The van der Waals surface area contributed by atoms with Gasteiger partial charge in [-0.3, -0.25) is 0 Å². The third kappa shape index (κ3) is 2.67. The molecule has 6 nitrogen and oxygen atoms in total. The van der Waals surface area contributed by atoms with Crippen molar-refractivity contribution >= 4 is 6.01 Å². The minimum atomic E-state index is 0.0697. The zero-order valence-corrected chi connectivity index (χ0v) is 7.82. The van der Waals surface area contributed by atoms with Crippen LogP contribution in [-0.2, 0) is 6.54 Å². The Balaban J connectivity index is 2.56. The standard InChI is InChI=1S/C7H14N4O2/c1-8-5-6-9-10-7(13-6)11(2)3-4-12/h8,12H,3-5H2,1-2H3. The molecule has 0 unspecified atom stereocenters. The summed E-state index contributed by atoms with van der Waals surface area (Å²) in [6, 6.07) is 0.430. The average molecular weight is 186 g/mol. The molecule has 0 saturated carbocycles. The zero-order valence-electron chi connectivity index (χ0n) is 7.82. The summed E-state index contributed by atoms with van der Waals surface area (Å²) in [5, 5.41) is 19.2. The minimum absolute atomic E-state index is 0.0697. The first-order chi connectivity index (χ1) is 6.27. The number of hydrogen-bond donors (Lipinski definition) is 2. The van der Waals surface area contributed by atoms with Crippen molar-refractivity contribution in [3.8, 4) is 0 Å². The van der Waals surface area contributed by atoms with Crippen molar-refractivity contribution in [3.63, 3.8) is 0 Å². The highest BCUT2D eigenvalue weighted by atomic mass is 16.4. The van der Waals surface area contributed by atoms with E-state index in [9.17, 15) is 0 Å². The SMILES string of the molecule is CNCc1nnc(N(C)CCO)o1. The van der Waals surface area contributed by atoms with Crippen molar-refractivity contribution < 1.29 is 9.52 Å². The number of hydrogen-bond acceptors (Lipinski definition) is 6. The maximum absolute atomic E-state index is 8.66. The highest BCUT2D eigenvalue weighted by Crippen LogP contribution is 2.08. The van der Waals surface area contributed by atoms with Crippen molar-refractivity contribution in [2.75, 3.05) is 32.1 Å². The normalized spacial score (nSPS) is 10.4. The molecule has 1 heterocycles. The van der Waals surface area contributed by atoms with Gasteiger partial charge in [0.2, 0.25) is 5.89 Å². The van der Waals surface area contributed by atoms with Crippen LogP contribution >= 0.6 is 0 Å². The van der Waals surface area contributed by atoms with Crippen LogP contribution in [0.3, 0.4) is 0 Å². The molecule has 74 valence electrons. The molecule has 0 atom stereocenters. The molecule has 0 aliphatic heterocycles. The quantitative estimate of drug-likeness (QED) is 0.628. The van der Waals surface area contributed by atoms with E-state index in [1.54, 1.807) is 19.0 Å². The first-order valence-electron chi connectivity index (χ1n) is 4.07. The van der Waals surface area contributed by atoms with Crippen molar-refractivity contribution in [2.24, 2.45) is 0 Å². The summed E-state index contributed by atoms with van der Waals surface area (Å²) in [7, 11) is 3.59. The van der Waals surface area contributed by atoms with Crippen LogP contribution in [0.15, 0.2) is 4.42 Å². The molecule has 0 saturated heterocycles. The number of aliphatic hydroxyl groups excluding tert-OH is 1. The molecule has 0 aliphatic rings. The molecule has 1 aromatic heterocycles. The number of aromatic nitrogens is 2. The van der Waals surface area contributed by atoms with Crippen LogP contribution in [0.5, 0.6) is 0 Å². The molecule has 0 bridgehead atoms. The molecule has 0 radical (unpaired) electrons. The van der Waals surface area contributed by atoms with Gasteiger partial charge in [-0.1, -0.05) is 5.10 Å². The Morgan fingerprint density at radius 2 is 2.31 bits per heavy atom. The van der Waals surface area contributed by atoms with E-state index in [4.69, 9.17) is 9.52 Å². The van der Waals surface area contributed by atoms with Crippen molar-refractivity contribution in [1.29, 1.82) is 0 Å². The fourth-order valence-corrected chi connectivity index (χ4v) is 0.867. The Bertz CT molecular complexity index is 250. The Hall–Kier alpha value is -1.14. The Labute approximate surface area is 76.6 Å². The lowest BCUT2D eigenvalue weighted by molar-refractivity contribution is 0.301. The average Bonchev–Trinajstić information content (AvgIpc) is 2.54. The summed E-state index contributed by atoms with van der Waals surface area (Å²) in [5.41, 5.74) is 0. The number of likely N-dealkylation sites (N-methyl/N-ethyl adjacent to an activating group) is 1. The first-order valence-corrected chi connectivity index (χ1v) is 4.07. The summed E-state index contributed by atoms with van der Waals surface area (Å²) < 4.78 is 5.27. The largest absolute Gasteiger partial charge is 0.407 e. The molecule has 0 aliphatic carbocycles. The summed E-state index contributed by atoms with van der Waals surface area (Å²) in [4.78, 5) is 1.70. The van der Waals surface area contributed by atoms with Crippen LogP contribution in [0, 0.1) is 0 Å². The van der Waals surface area contributed by atoms with E-state index in [1.807, 2.05) is 0 Å². The molecule has 0 spiro atoms. The van der Waals surface area contributed by atoms with Crippen LogP contribution in [-0.4, -0.2) is 42.6 Å². The maximum atomic E-state index is 8.66. The number of nitrogens with one attached hydrogen (secondary N) is 1. The van der Waals surface area contributed by atoms with E-state index in [1.165, 1.54) is 0 Å². The minimum Gasteiger partial charge on any atom is -0.407 e. The van der Waals surface area contributed by atoms with Gasteiger partial charge in [0.15, 0.2) is 0 Å². The van der Waals surface area contributed by atoms with Gasteiger partial charge < -0.3 is 19.7 Å². The van der Waals surface area contributed by atoms with E-state index in [2.05, 4.69) is 15.5 Å². The molecule has 13 heavy (non-hydrogen) atoms. The van der Waals surface area contributed by atoms with E-state index in [-0.39, 0.29) is 6.61 Å². The van der Waals surface area contributed by atoms with Gasteiger partial charge in [-0.2, -0.15) is 0 Å². The van der Waals surface area contributed by atoms with E-state index in [0.29, 0.717) is 25.0 Å². The van der Waals surface area contributed by atoms with Gasteiger partial charge in [-0.25, -0.2) is 0 Å². The molecular weight excluding hydrogens is 172 g/mol. The molecule has 2 N–H and O–H groups in total. The summed E-state index contributed by atoms with van der Waals surface area (Å²) in [6.07, 6.45) is 0. The van der Waals surface area contributed by atoms with E-state index in [0.717, 1.165) is 0 Å². The maximum Gasteiger partial charge on any atom is 0.318 e. The van der Waals surface area contributed by atoms with Gasteiger partial charge in [0.1, 0.15) is 0 Å². The Kier molecular flexibility index (Phi) is 3.66. The molecule has 1 aromatic rings. The predicted octanol–water partition coefficient (Wildman–Crippen LogP) is -0.782. The third-order valence-electron chi connectivity index (χ3n) is 1.55. The fourth-order valence-electron chi connectivity index (χ4n) is 0.867. The fraction of sp³-hybridized carbons (Fsp3) is 0.714. The zero-order chi connectivity index (χ0) is 9.68. The molecule has 0 fully saturated rings. The van der Waals surface area contributed by atoms with Crippen molar-refractivity contribution in [1.82, 2.24) is 15.5 Å². The lowest BCUT2D eigenvalue weighted by atomic mass is 10.6. The highest BCUT2D eigenvalue weighted by Gasteiger charge is 2.08. The molecule has 0 aromatic carbocycles. The summed E-state index contributed by atoms with van der Waals surface area (Å²) >= 11 is 0. The molecular formula is C7H14N4O2. The van der Waals surface area contributed by atoms with Gasteiger partial charge in [-0.05, 0) is 7.05 Å². The molecule has 1 rings (SSSR count). The number of aliphatic hydroxyl groups is 1.